The monoisotopic (exact) mass is 209 g/mol. The predicted molar refractivity (Wildman–Crippen MR) is 53.1 cm³/mol. The van der Waals surface area contributed by atoms with Crippen LogP contribution in [0.3, 0.4) is 0 Å². The second-order valence-corrected chi connectivity index (χ2v) is 3.10. The van der Waals surface area contributed by atoms with Gasteiger partial charge in [0.2, 0.25) is 0 Å². The van der Waals surface area contributed by atoms with Gasteiger partial charge in [0.05, 0.1) is 24.9 Å². The SMILES string of the molecule is Clc1cnc(NCc2ccoc2)cn1. The topological polar surface area (TPSA) is 51.0 Å². The van der Waals surface area contributed by atoms with Crippen molar-refractivity contribution in [2.45, 2.75) is 6.54 Å². The number of hydrogen-bond acceptors (Lipinski definition) is 4. The molecule has 0 aliphatic heterocycles. The summed E-state index contributed by atoms with van der Waals surface area (Å²) >= 11 is 5.59. The molecule has 2 heterocycles. The average Bonchev–Trinajstić information content (AvgIpc) is 2.70. The van der Waals surface area contributed by atoms with Crippen molar-refractivity contribution in [1.29, 1.82) is 0 Å². The fraction of sp³-hybridized carbons (Fsp3) is 0.111. The van der Waals surface area contributed by atoms with E-state index in [0.29, 0.717) is 17.5 Å². The van der Waals surface area contributed by atoms with E-state index in [0.717, 1.165) is 5.56 Å². The molecule has 0 aliphatic carbocycles. The van der Waals surface area contributed by atoms with E-state index < -0.39 is 0 Å². The van der Waals surface area contributed by atoms with Crippen molar-refractivity contribution in [3.63, 3.8) is 0 Å². The lowest BCUT2D eigenvalue weighted by molar-refractivity contribution is 0.564. The van der Waals surface area contributed by atoms with Gasteiger partial charge in [0, 0.05) is 12.1 Å². The predicted octanol–water partition coefficient (Wildman–Crippen LogP) is 2.34. The molecule has 0 atom stereocenters. The van der Waals surface area contributed by atoms with Gasteiger partial charge in [-0.15, -0.1) is 0 Å². The highest BCUT2D eigenvalue weighted by molar-refractivity contribution is 6.29. The second kappa shape index (κ2) is 4.11. The molecule has 5 heteroatoms. The molecule has 1 N–H and O–H groups in total. The Bertz CT molecular complexity index is 385. The molecule has 0 aromatic carbocycles. The second-order valence-electron chi connectivity index (χ2n) is 2.71. The Balaban J connectivity index is 1.95. The van der Waals surface area contributed by atoms with Crippen molar-refractivity contribution in [3.05, 3.63) is 41.7 Å². The van der Waals surface area contributed by atoms with Crippen molar-refractivity contribution in [2.24, 2.45) is 0 Å². The van der Waals surface area contributed by atoms with E-state index in [2.05, 4.69) is 15.3 Å². The van der Waals surface area contributed by atoms with E-state index in [1.54, 1.807) is 18.7 Å². The molecule has 0 saturated heterocycles. The fourth-order valence-electron chi connectivity index (χ4n) is 0.989. The first-order chi connectivity index (χ1) is 6.84. The number of nitrogens with one attached hydrogen (secondary N) is 1. The van der Waals surface area contributed by atoms with Gasteiger partial charge in [0.25, 0.3) is 0 Å². The Hall–Kier alpha value is -1.55. The Kier molecular flexibility index (Phi) is 2.65. The van der Waals surface area contributed by atoms with Gasteiger partial charge in [0.1, 0.15) is 11.0 Å². The summed E-state index contributed by atoms with van der Waals surface area (Å²) in [5.74, 6) is 0.690. The van der Waals surface area contributed by atoms with Crippen molar-refractivity contribution < 1.29 is 4.42 Å². The molecule has 2 rings (SSSR count). The minimum atomic E-state index is 0.388. The Labute approximate surface area is 85.9 Å². The summed E-state index contributed by atoms with van der Waals surface area (Å²) in [5, 5.41) is 3.47. The zero-order chi connectivity index (χ0) is 9.80. The van der Waals surface area contributed by atoms with Crippen molar-refractivity contribution in [3.8, 4) is 0 Å². The maximum atomic E-state index is 5.59. The van der Waals surface area contributed by atoms with Gasteiger partial charge in [0.15, 0.2) is 0 Å². The molecule has 14 heavy (non-hydrogen) atoms. The van der Waals surface area contributed by atoms with Crippen LogP contribution in [0.2, 0.25) is 5.15 Å². The lowest BCUT2D eigenvalue weighted by atomic mass is 10.3. The molecule has 0 radical (unpaired) electrons. The van der Waals surface area contributed by atoms with Gasteiger partial charge in [-0.2, -0.15) is 0 Å². The molecule has 72 valence electrons. The van der Waals surface area contributed by atoms with Gasteiger partial charge in [-0.25, -0.2) is 9.97 Å². The molecule has 4 nitrogen and oxygen atoms in total. The average molecular weight is 210 g/mol. The Morgan fingerprint density at radius 1 is 1.36 bits per heavy atom. The van der Waals surface area contributed by atoms with Crippen LogP contribution in [0, 0.1) is 0 Å². The molecule has 0 saturated carbocycles. The number of nitrogens with zero attached hydrogens (tertiary/aromatic N) is 2. The van der Waals surface area contributed by atoms with E-state index in [1.807, 2.05) is 6.07 Å². The summed E-state index contributed by atoms with van der Waals surface area (Å²) in [6.45, 7) is 0.660. The normalized spacial score (nSPS) is 10.1. The number of furan rings is 1. The summed E-state index contributed by atoms with van der Waals surface area (Å²) in [6.07, 6.45) is 6.39. The van der Waals surface area contributed by atoms with Crippen LogP contribution in [0.4, 0.5) is 5.82 Å². The Morgan fingerprint density at radius 3 is 2.93 bits per heavy atom. The van der Waals surface area contributed by atoms with Crippen molar-refractivity contribution in [2.75, 3.05) is 5.32 Å². The third-order valence-corrected chi connectivity index (χ3v) is 1.87. The van der Waals surface area contributed by atoms with Crippen LogP contribution in [-0.2, 0) is 6.54 Å². The number of halogens is 1. The summed E-state index contributed by atoms with van der Waals surface area (Å²) in [7, 11) is 0. The van der Waals surface area contributed by atoms with Gasteiger partial charge < -0.3 is 9.73 Å². The van der Waals surface area contributed by atoms with Gasteiger partial charge >= 0.3 is 0 Å². The highest BCUT2D eigenvalue weighted by Gasteiger charge is 1.96. The van der Waals surface area contributed by atoms with E-state index in [4.69, 9.17) is 16.0 Å². The zero-order valence-electron chi connectivity index (χ0n) is 7.27. The molecular weight excluding hydrogens is 202 g/mol. The third-order valence-electron chi connectivity index (χ3n) is 1.67. The van der Waals surface area contributed by atoms with E-state index in [9.17, 15) is 0 Å². The van der Waals surface area contributed by atoms with Crippen molar-refractivity contribution >= 4 is 17.4 Å². The fourth-order valence-corrected chi connectivity index (χ4v) is 1.09. The van der Waals surface area contributed by atoms with Crippen LogP contribution in [-0.4, -0.2) is 9.97 Å². The van der Waals surface area contributed by atoms with Gasteiger partial charge in [-0.05, 0) is 6.07 Å². The minimum Gasteiger partial charge on any atom is -0.472 e. The highest BCUT2D eigenvalue weighted by Crippen LogP contribution is 2.07. The molecule has 0 spiro atoms. The molecule has 0 bridgehead atoms. The first-order valence-corrected chi connectivity index (χ1v) is 4.45. The smallest absolute Gasteiger partial charge is 0.147 e. The van der Waals surface area contributed by atoms with Crippen LogP contribution in [0.15, 0.2) is 35.4 Å². The number of anilines is 1. The van der Waals surface area contributed by atoms with Gasteiger partial charge in [-0.3, -0.25) is 0 Å². The van der Waals surface area contributed by atoms with Crippen LogP contribution in [0.25, 0.3) is 0 Å². The number of hydrogen-bond donors (Lipinski definition) is 1. The first kappa shape index (κ1) is 9.02. The maximum absolute atomic E-state index is 5.59. The van der Waals surface area contributed by atoms with Crippen LogP contribution >= 0.6 is 11.6 Å². The highest BCUT2D eigenvalue weighted by atomic mass is 35.5. The number of rotatable bonds is 3. The molecule has 0 aliphatic rings. The van der Waals surface area contributed by atoms with Crippen LogP contribution < -0.4 is 5.32 Å². The quantitative estimate of drug-likeness (QED) is 0.843. The molecule has 0 unspecified atom stereocenters. The van der Waals surface area contributed by atoms with E-state index >= 15 is 0 Å². The minimum absolute atomic E-state index is 0.388. The van der Waals surface area contributed by atoms with Gasteiger partial charge in [-0.1, -0.05) is 11.6 Å². The molecule has 2 aromatic rings. The maximum Gasteiger partial charge on any atom is 0.147 e. The summed E-state index contributed by atoms with van der Waals surface area (Å²) in [6, 6.07) is 1.89. The zero-order valence-corrected chi connectivity index (χ0v) is 8.03. The van der Waals surface area contributed by atoms with E-state index in [-0.39, 0.29) is 0 Å². The Morgan fingerprint density at radius 2 is 2.29 bits per heavy atom. The first-order valence-electron chi connectivity index (χ1n) is 4.07. The summed E-state index contributed by atoms with van der Waals surface area (Å²) in [5.41, 5.74) is 1.06. The molecule has 0 amide bonds. The molecule has 0 fully saturated rings. The van der Waals surface area contributed by atoms with E-state index in [1.165, 1.54) is 6.20 Å². The summed E-state index contributed by atoms with van der Waals surface area (Å²) < 4.78 is 4.92. The lowest BCUT2D eigenvalue weighted by Crippen LogP contribution is -2.00. The number of aromatic nitrogens is 2. The lowest BCUT2D eigenvalue weighted by Gasteiger charge is -2.01. The van der Waals surface area contributed by atoms with Crippen LogP contribution in [0.1, 0.15) is 5.56 Å². The standard InChI is InChI=1S/C9H8ClN3O/c10-8-4-13-9(5-11-8)12-3-7-1-2-14-6-7/h1-2,4-6H,3H2,(H,12,13). The molecule has 2 aromatic heterocycles. The van der Waals surface area contributed by atoms with Crippen LogP contribution in [0.5, 0.6) is 0 Å². The largest absolute Gasteiger partial charge is 0.472 e. The third kappa shape index (κ3) is 2.23. The summed E-state index contributed by atoms with van der Waals surface area (Å²) in [4.78, 5) is 7.94. The van der Waals surface area contributed by atoms with Crippen molar-refractivity contribution in [1.82, 2.24) is 9.97 Å². The molecular formula is C9H8ClN3O.